The highest BCUT2D eigenvalue weighted by Crippen LogP contribution is 2.40. The number of nitrogens with zero attached hydrogens (tertiary/aromatic N) is 2. The molecule has 0 saturated carbocycles. The lowest BCUT2D eigenvalue weighted by atomic mass is 10.1. The van der Waals surface area contributed by atoms with Crippen molar-refractivity contribution < 1.29 is 9.53 Å². The summed E-state index contributed by atoms with van der Waals surface area (Å²) in [6.07, 6.45) is 2.59. The Bertz CT molecular complexity index is 1180. The maximum absolute atomic E-state index is 13.5. The van der Waals surface area contributed by atoms with Gasteiger partial charge in [-0.2, -0.15) is 0 Å². The number of benzene rings is 3. The molecule has 0 bridgehead atoms. The predicted octanol–water partition coefficient (Wildman–Crippen LogP) is 7.59. The summed E-state index contributed by atoms with van der Waals surface area (Å²) in [5.41, 5.74) is 2.16. The van der Waals surface area contributed by atoms with Crippen molar-refractivity contribution in [3.05, 3.63) is 93.3 Å². The molecule has 0 N–H and O–H groups in total. The number of thioether (sulfide) groups is 1. The molecule has 1 fully saturated rings. The van der Waals surface area contributed by atoms with Gasteiger partial charge in [-0.05, 0) is 60.7 Å². The highest BCUT2D eigenvalue weighted by Gasteiger charge is 2.35. The Morgan fingerprint density at radius 3 is 2.41 bits per heavy atom. The summed E-state index contributed by atoms with van der Waals surface area (Å²) in [6.45, 7) is 2.53. The van der Waals surface area contributed by atoms with Crippen LogP contribution in [-0.2, 0) is 4.79 Å². The van der Waals surface area contributed by atoms with Crippen LogP contribution in [0.1, 0.15) is 18.9 Å². The van der Waals surface area contributed by atoms with E-state index in [2.05, 4.69) is 0 Å². The number of hydrogen-bond donors (Lipinski definition) is 0. The fraction of sp³-hybridized carbons (Fsp3) is 0.120. The molecule has 4 nitrogen and oxygen atoms in total. The maximum Gasteiger partial charge on any atom is 0.271 e. The molecule has 1 aliphatic rings. The molecule has 0 aliphatic carbocycles. The first kappa shape index (κ1) is 22.5. The molecule has 0 spiro atoms. The third-order valence-corrected chi connectivity index (χ3v) is 6.04. The Labute approximate surface area is 201 Å². The summed E-state index contributed by atoms with van der Waals surface area (Å²) in [7, 11) is 0. The highest BCUT2D eigenvalue weighted by atomic mass is 35.5. The first-order chi connectivity index (χ1) is 15.6. The van der Waals surface area contributed by atoms with Gasteiger partial charge in [-0.3, -0.25) is 9.69 Å². The van der Waals surface area contributed by atoms with Crippen molar-refractivity contribution in [1.29, 1.82) is 0 Å². The maximum atomic E-state index is 13.5. The molecular weight excluding hydrogens is 463 g/mol. The van der Waals surface area contributed by atoms with Crippen LogP contribution in [0.25, 0.3) is 6.08 Å². The summed E-state index contributed by atoms with van der Waals surface area (Å²) in [6, 6.07) is 22.4. The zero-order valence-electron chi connectivity index (χ0n) is 17.3. The van der Waals surface area contributed by atoms with Crippen LogP contribution in [0.5, 0.6) is 5.75 Å². The number of carbonyl (C=O) groups is 1. The highest BCUT2D eigenvalue weighted by molar-refractivity contribution is 8.19. The van der Waals surface area contributed by atoms with Crippen LogP contribution in [0.15, 0.2) is 82.7 Å². The zero-order chi connectivity index (χ0) is 22.5. The zero-order valence-corrected chi connectivity index (χ0v) is 19.6. The lowest BCUT2D eigenvalue weighted by Crippen LogP contribution is -2.28. The van der Waals surface area contributed by atoms with Gasteiger partial charge in [-0.25, -0.2) is 4.99 Å². The monoisotopic (exact) mass is 482 g/mol. The smallest absolute Gasteiger partial charge is 0.271 e. The van der Waals surface area contributed by atoms with Crippen LogP contribution >= 0.6 is 35.0 Å². The van der Waals surface area contributed by atoms with Gasteiger partial charge in [0.1, 0.15) is 5.75 Å². The van der Waals surface area contributed by atoms with Crippen molar-refractivity contribution in [2.45, 2.75) is 13.3 Å². The Kier molecular flexibility index (Phi) is 7.20. The second-order valence-electron chi connectivity index (χ2n) is 6.97. The van der Waals surface area contributed by atoms with Gasteiger partial charge in [0, 0.05) is 10.6 Å². The topological polar surface area (TPSA) is 41.9 Å². The van der Waals surface area contributed by atoms with Crippen LogP contribution in [-0.4, -0.2) is 17.7 Å². The van der Waals surface area contributed by atoms with Gasteiger partial charge < -0.3 is 4.74 Å². The molecule has 1 aliphatic heterocycles. The molecule has 1 saturated heterocycles. The second-order valence-corrected chi connectivity index (χ2v) is 8.82. The normalized spacial score (nSPS) is 16.2. The van der Waals surface area contributed by atoms with Crippen LogP contribution in [0, 0.1) is 0 Å². The fourth-order valence-corrected chi connectivity index (χ4v) is 4.71. The molecule has 0 atom stereocenters. The molecule has 1 heterocycles. The summed E-state index contributed by atoms with van der Waals surface area (Å²) in [4.78, 5) is 20.3. The number of amides is 1. The molecular formula is C25H20Cl2N2O2S. The molecule has 0 aromatic heterocycles. The third-order valence-electron chi connectivity index (χ3n) is 4.58. The number of aliphatic imine (C=N–C) groups is 1. The summed E-state index contributed by atoms with van der Waals surface area (Å²) in [5, 5.41) is 1.45. The number of amidine groups is 1. The summed E-state index contributed by atoms with van der Waals surface area (Å²) >= 11 is 13.9. The van der Waals surface area contributed by atoms with E-state index in [-0.39, 0.29) is 5.91 Å². The first-order valence-corrected chi connectivity index (χ1v) is 11.7. The van der Waals surface area contributed by atoms with Crippen molar-refractivity contribution in [1.82, 2.24) is 0 Å². The van der Waals surface area contributed by atoms with Gasteiger partial charge >= 0.3 is 0 Å². The molecule has 0 radical (unpaired) electrons. The van der Waals surface area contributed by atoms with E-state index in [1.54, 1.807) is 23.1 Å². The number of carbonyl (C=O) groups excluding carboxylic acids is 1. The summed E-state index contributed by atoms with van der Waals surface area (Å²) in [5.74, 6) is 0.340. The quantitative estimate of drug-likeness (QED) is 0.339. The summed E-state index contributed by atoms with van der Waals surface area (Å²) < 4.78 is 5.85. The van der Waals surface area contributed by atoms with Gasteiger partial charge in [0.15, 0.2) is 5.17 Å². The van der Waals surface area contributed by atoms with Gasteiger partial charge in [-0.1, -0.05) is 66.5 Å². The molecule has 4 rings (SSSR count). The van der Waals surface area contributed by atoms with Gasteiger partial charge in [-0.15, -0.1) is 0 Å². The van der Waals surface area contributed by atoms with Crippen molar-refractivity contribution in [3.8, 4) is 5.75 Å². The number of para-hydroxylation sites is 2. The van der Waals surface area contributed by atoms with E-state index in [0.717, 1.165) is 17.8 Å². The van der Waals surface area contributed by atoms with Crippen molar-refractivity contribution in [2.24, 2.45) is 4.99 Å². The molecule has 162 valence electrons. The number of rotatable bonds is 6. The van der Waals surface area contributed by atoms with Crippen LogP contribution < -0.4 is 9.64 Å². The van der Waals surface area contributed by atoms with E-state index in [9.17, 15) is 4.79 Å². The number of anilines is 1. The molecule has 0 unspecified atom stereocenters. The predicted molar refractivity (Wildman–Crippen MR) is 135 cm³/mol. The van der Waals surface area contributed by atoms with E-state index < -0.39 is 0 Å². The van der Waals surface area contributed by atoms with Gasteiger partial charge in [0.2, 0.25) is 0 Å². The first-order valence-electron chi connectivity index (χ1n) is 10.1. The molecule has 3 aromatic carbocycles. The largest absolute Gasteiger partial charge is 0.491 e. The van der Waals surface area contributed by atoms with E-state index in [4.69, 9.17) is 32.9 Å². The minimum absolute atomic E-state index is 0.173. The lowest BCUT2D eigenvalue weighted by molar-refractivity contribution is -0.113. The molecule has 1 amide bonds. The molecule has 7 heteroatoms. The van der Waals surface area contributed by atoms with E-state index in [0.29, 0.717) is 38.0 Å². The Morgan fingerprint density at radius 1 is 1.03 bits per heavy atom. The second kappa shape index (κ2) is 10.3. The Hall–Kier alpha value is -2.73. The van der Waals surface area contributed by atoms with Crippen molar-refractivity contribution in [3.63, 3.8) is 0 Å². The van der Waals surface area contributed by atoms with Gasteiger partial charge in [0.05, 0.1) is 27.9 Å². The van der Waals surface area contributed by atoms with Crippen molar-refractivity contribution in [2.75, 3.05) is 11.5 Å². The van der Waals surface area contributed by atoms with Crippen LogP contribution in [0.2, 0.25) is 10.0 Å². The minimum Gasteiger partial charge on any atom is -0.491 e. The molecule has 32 heavy (non-hydrogen) atoms. The minimum atomic E-state index is -0.173. The number of ether oxygens (including phenoxy) is 1. The fourth-order valence-electron chi connectivity index (χ4n) is 3.15. The van der Waals surface area contributed by atoms with Gasteiger partial charge in [0.25, 0.3) is 5.91 Å². The lowest BCUT2D eigenvalue weighted by Gasteiger charge is -2.15. The average Bonchev–Trinajstić information content (AvgIpc) is 3.09. The molecule has 3 aromatic rings. The Morgan fingerprint density at radius 2 is 1.72 bits per heavy atom. The van der Waals surface area contributed by atoms with Crippen LogP contribution in [0.3, 0.4) is 0 Å². The number of hydrogen-bond acceptors (Lipinski definition) is 4. The average molecular weight is 483 g/mol. The number of halogens is 2. The third kappa shape index (κ3) is 5.01. The van der Waals surface area contributed by atoms with Crippen LogP contribution in [0.4, 0.5) is 11.4 Å². The SMILES string of the molecule is CCCOc1c(Cl)cc(Cl)cc1/C=C1/SC(=Nc2ccccc2)N(c2ccccc2)C1=O. The van der Waals surface area contributed by atoms with E-state index >= 15 is 0 Å². The van der Waals surface area contributed by atoms with E-state index in [1.165, 1.54) is 11.8 Å². The standard InChI is InChI=1S/C25H20Cl2N2O2S/c1-2-13-31-23-17(14-18(26)16-21(23)27)15-22-24(30)29(20-11-7-4-8-12-20)25(32-22)28-19-9-5-3-6-10-19/h3-12,14-16H,2,13H2,1H3/b22-15+,28-25?. The van der Waals surface area contributed by atoms with E-state index in [1.807, 2.05) is 67.6 Å². The van der Waals surface area contributed by atoms with Crippen molar-refractivity contribution >= 4 is 63.5 Å². The Balaban J connectivity index is 1.79.